The van der Waals surface area contributed by atoms with Gasteiger partial charge in [0.25, 0.3) is 0 Å². The number of hydrogen-bond acceptors (Lipinski definition) is 3. The molecular weight excluding hydrogens is 304 g/mol. The number of aryl methyl sites for hydroxylation is 1. The zero-order valence-electron chi connectivity index (χ0n) is 12.6. The zero-order chi connectivity index (χ0) is 16.7. The fourth-order valence-corrected chi connectivity index (χ4v) is 2.07. The van der Waals surface area contributed by atoms with Gasteiger partial charge in [-0.05, 0) is 36.2 Å². The Kier molecular flexibility index (Phi) is 5.91. The van der Waals surface area contributed by atoms with Gasteiger partial charge in [-0.15, -0.1) is 0 Å². The van der Waals surface area contributed by atoms with Gasteiger partial charge >= 0.3 is 6.61 Å². The number of carbonyl (C=O) groups excluding carboxylic acids is 1. The number of hydrogen-bond donors (Lipinski definition) is 1. The van der Waals surface area contributed by atoms with Gasteiger partial charge in [-0.1, -0.05) is 24.3 Å². The van der Waals surface area contributed by atoms with Crippen molar-refractivity contribution in [2.45, 2.75) is 19.5 Å². The second-order valence-electron chi connectivity index (χ2n) is 4.77. The number of rotatable bonds is 7. The van der Waals surface area contributed by atoms with Crippen LogP contribution < -0.4 is 14.8 Å². The molecule has 0 fully saturated rings. The van der Waals surface area contributed by atoms with E-state index in [-0.39, 0.29) is 23.8 Å². The molecule has 0 heterocycles. The Hall–Kier alpha value is -2.63. The van der Waals surface area contributed by atoms with Crippen LogP contribution in [0.25, 0.3) is 0 Å². The molecule has 2 aromatic rings. The minimum Gasteiger partial charge on any atom is -0.497 e. The Morgan fingerprint density at radius 2 is 1.96 bits per heavy atom. The van der Waals surface area contributed by atoms with E-state index in [0.717, 1.165) is 11.3 Å². The van der Waals surface area contributed by atoms with Crippen LogP contribution in [0.2, 0.25) is 0 Å². The van der Waals surface area contributed by atoms with Crippen molar-refractivity contribution in [3.8, 4) is 11.5 Å². The molecule has 1 N–H and O–H groups in total. The summed E-state index contributed by atoms with van der Waals surface area (Å²) in [4.78, 5) is 12.0. The maximum absolute atomic E-state index is 12.3. The predicted octanol–water partition coefficient (Wildman–Crippen LogP) is 3.87. The summed E-state index contributed by atoms with van der Waals surface area (Å²) in [5.41, 5.74) is 1.18. The summed E-state index contributed by atoms with van der Waals surface area (Å²) in [6.07, 6.45) is 0.733. The quantitative estimate of drug-likeness (QED) is 0.842. The maximum atomic E-state index is 12.3. The van der Waals surface area contributed by atoms with Crippen LogP contribution in [0, 0.1) is 0 Å². The van der Waals surface area contributed by atoms with Crippen LogP contribution in [0.3, 0.4) is 0 Å². The minimum atomic E-state index is -2.94. The molecule has 0 saturated carbocycles. The lowest BCUT2D eigenvalue weighted by molar-refractivity contribution is -0.116. The van der Waals surface area contributed by atoms with Crippen molar-refractivity contribution >= 4 is 11.6 Å². The van der Waals surface area contributed by atoms with Crippen molar-refractivity contribution in [3.63, 3.8) is 0 Å². The van der Waals surface area contributed by atoms with Gasteiger partial charge < -0.3 is 14.8 Å². The molecule has 0 atom stereocenters. The number of para-hydroxylation sites is 2. The van der Waals surface area contributed by atoms with Crippen LogP contribution in [0.5, 0.6) is 11.5 Å². The third-order valence-electron chi connectivity index (χ3n) is 3.15. The van der Waals surface area contributed by atoms with Gasteiger partial charge in [0.1, 0.15) is 11.5 Å². The number of alkyl halides is 2. The van der Waals surface area contributed by atoms with Crippen molar-refractivity contribution in [2.24, 2.45) is 0 Å². The Morgan fingerprint density at radius 1 is 1.17 bits per heavy atom. The van der Waals surface area contributed by atoms with Gasteiger partial charge in [0.05, 0.1) is 12.8 Å². The zero-order valence-corrected chi connectivity index (χ0v) is 12.6. The predicted molar refractivity (Wildman–Crippen MR) is 83.0 cm³/mol. The average molecular weight is 321 g/mol. The molecule has 2 aromatic carbocycles. The smallest absolute Gasteiger partial charge is 0.387 e. The number of carbonyl (C=O) groups is 1. The van der Waals surface area contributed by atoms with Gasteiger partial charge in [0.2, 0.25) is 5.91 Å². The normalized spacial score (nSPS) is 10.4. The summed E-state index contributed by atoms with van der Waals surface area (Å²) >= 11 is 0. The molecule has 0 radical (unpaired) electrons. The Balaban J connectivity index is 1.94. The molecule has 0 aromatic heterocycles. The van der Waals surface area contributed by atoms with Crippen LogP contribution in [0.1, 0.15) is 12.0 Å². The first-order valence-corrected chi connectivity index (χ1v) is 7.05. The van der Waals surface area contributed by atoms with E-state index in [0.29, 0.717) is 6.42 Å². The molecule has 0 bridgehead atoms. The molecular formula is C17H17F2NO3. The lowest BCUT2D eigenvalue weighted by Gasteiger charge is -2.11. The molecule has 4 nitrogen and oxygen atoms in total. The first kappa shape index (κ1) is 16.7. The number of anilines is 1. The summed E-state index contributed by atoms with van der Waals surface area (Å²) in [6.45, 7) is -2.94. The highest BCUT2D eigenvalue weighted by Crippen LogP contribution is 2.25. The summed E-state index contributed by atoms with van der Waals surface area (Å²) in [5.74, 6) is 0.383. The number of benzene rings is 2. The van der Waals surface area contributed by atoms with Gasteiger partial charge in [-0.25, -0.2) is 0 Å². The molecule has 0 saturated heterocycles. The fraction of sp³-hybridized carbons (Fsp3) is 0.235. The summed E-state index contributed by atoms with van der Waals surface area (Å²) in [7, 11) is 1.58. The van der Waals surface area contributed by atoms with Crippen LogP contribution in [-0.4, -0.2) is 19.6 Å². The standard InChI is InChI=1S/C17H17F2NO3/c1-22-13-6-4-5-12(11-13)9-10-16(21)20-14-7-2-3-8-15(14)23-17(18)19/h2-8,11,17H,9-10H2,1H3,(H,20,21). The van der Waals surface area contributed by atoms with E-state index < -0.39 is 6.61 Å². The summed E-state index contributed by atoms with van der Waals surface area (Å²) < 4.78 is 34.2. The van der Waals surface area contributed by atoms with Crippen molar-refractivity contribution in [3.05, 3.63) is 54.1 Å². The number of nitrogens with one attached hydrogen (secondary N) is 1. The van der Waals surface area contributed by atoms with E-state index in [2.05, 4.69) is 10.1 Å². The van der Waals surface area contributed by atoms with Crippen molar-refractivity contribution < 1.29 is 23.0 Å². The highest BCUT2D eigenvalue weighted by atomic mass is 19.3. The third kappa shape index (κ3) is 5.25. The van der Waals surface area contributed by atoms with E-state index in [1.54, 1.807) is 19.2 Å². The monoisotopic (exact) mass is 321 g/mol. The van der Waals surface area contributed by atoms with E-state index in [4.69, 9.17) is 4.74 Å². The largest absolute Gasteiger partial charge is 0.497 e. The molecule has 0 aliphatic heterocycles. The van der Waals surface area contributed by atoms with Crippen LogP contribution >= 0.6 is 0 Å². The fourth-order valence-electron chi connectivity index (χ4n) is 2.07. The van der Waals surface area contributed by atoms with Crippen molar-refractivity contribution in [1.82, 2.24) is 0 Å². The number of halogens is 2. The second kappa shape index (κ2) is 8.12. The molecule has 0 aliphatic carbocycles. The summed E-state index contributed by atoms with van der Waals surface area (Å²) in [6, 6.07) is 13.5. The van der Waals surface area contributed by atoms with Crippen LogP contribution in [0.4, 0.5) is 14.5 Å². The van der Waals surface area contributed by atoms with E-state index in [1.165, 1.54) is 12.1 Å². The Morgan fingerprint density at radius 3 is 2.70 bits per heavy atom. The van der Waals surface area contributed by atoms with Gasteiger partial charge in [0, 0.05) is 6.42 Å². The first-order valence-electron chi connectivity index (χ1n) is 7.05. The first-order chi connectivity index (χ1) is 11.1. The Labute approximate surface area is 133 Å². The summed E-state index contributed by atoms with van der Waals surface area (Å²) in [5, 5.41) is 2.59. The lowest BCUT2D eigenvalue weighted by Crippen LogP contribution is -2.14. The van der Waals surface area contributed by atoms with Gasteiger partial charge in [0.15, 0.2) is 0 Å². The molecule has 6 heteroatoms. The molecule has 122 valence electrons. The SMILES string of the molecule is COc1cccc(CCC(=O)Nc2ccccc2OC(F)F)c1. The molecule has 1 amide bonds. The van der Waals surface area contributed by atoms with E-state index >= 15 is 0 Å². The average Bonchev–Trinajstić information content (AvgIpc) is 2.54. The van der Waals surface area contributed by atoms with E-state index in [1.807, 2.05) is 24.3 Å². The highest BCUT2D eigenvalue weighted by Gasteiger charge is 2.11. The minimum absolute atomic E-state index is 0.0581. The Bertz CT molecular complexity index is 662. The molecule has 0 unspecified atom stereocenters. The molecule has 0 spiro atoms. The second-order valence-corrected chi connectivity index (χ2v) is 4.77. The van der Waals surface area contributed by atoms with Crippen molar-refractivity contribution in [1.29, 1.82) is 0 Å². The number of methoxy groups -OCH3 is 1. The lowest BCUT2D eigenvalue weighted by atomic mass is 10.1. The molecule has 0 aliphatic rings. The molecule has 2 rings (SSSR count). The maximum Gasteiger partial charge on any atom is 0.387 e. The van der Waals surface area contributed by atoms with Crippen LogP contribution in [-0.2, 0) is 11.2 Å². The topological polar surface area (TPSA) is 47.6 Å². The van der Waals surface area contributed by atoms with E-state index in [9.17, 15) is 13.6 Å². The number of ether oxygens (including phenoxy) is 2. The van der Waals surface area contributed by atoms with Crippen molar-refractivity contribution in [2.75, 3.05) is 12.4 Å². The highest BCUT2D eigenvalue weighted by molar-refractivity contribution is 5.92. The third-order valence-corrected chi connectivity index (χ3v) is 3.15. The van der Waals surface area contributed by atoms with Gasteiger partial charge in [-0.2, -0.15) is 8.78 Å². The molecule has 23 heavy (non-hydrogen) atoms. The van der Waals surface area contributed by atoms with Crippen LogP contribution in [0.15, 0.2) is 48.5 Å². The van der Waals surface area contributed by atoms with Gasteiger partial charge in [-0.3, -0.25) is 4.79 Å². The number of amides is 1.